The van der Waals surface area contributed by atoms with Crippen molar-refractivity contribution in [2.45, 2.75) is 37.9 Å². The minimum Gasteiger partial charge on any atom is -0.292 e. The fraction of sp³-hybridized carbons (Fsp3) is 0.500. The lowest BCUT2D eigenvalue weighted by molar-refractivity contribution is -0.137. The number of likely N-dealkylation sites (tertiary alicyclic amines) is 1. The number of amides is 2. The molecule has 4 nitrogen and oxygen atoms in total. The first-order valence-corrected chi connectivity index (χ1v) is 7.66. The van der Waals surface area contributed by atoms with Gasteiger partial charge in [0.05, 0.1) is 23.7 Å². The number of nitrogens with zero attached hydrogens (tertiary/aromatic N) is 2. The second kappa shape index (κ2) is 5.96. The zero-order chi connectivity index (χ0) is 16.6. The van der Waals surface area contributed by atoms with Gasteiger partial charge in [-0.05, 0) is 44.1 Å². The highest BCUT2D eigenvalue weighted by Gasteiger charge is 2.43. The second-order valence-corrected chi connectivity index (χ2v) is 5.93. The Balaban J connectivity index is 1.85. The van der Waals surface area contributed by atoms with Gasteiger partial charge in [0.2, 0.25) is 5.91 Å². The van der Waals surface area contributed by atoms with Gasteiger partial charge < -0.3 is 0 Å². The van der Waals surface area contributed by atoms with Crippen LogP contribution in [0, 0.1) is 0 Å². The van der Waals surface area contributed by atoms with Crippen LogP contribution in [0.4, 0.5) is 18.9 Å². The van der Waals surface area contributed by atoms with Crippen molar-refractivity contribution in [3.63, 3.8) is 0 Å². The molecule has 0 aromatic heterocycles. The van der Waals surface area contributed by atoms with Crippen molar-refractivity contribution < 1.29 is 22.8 Å². The molecule has 0 spiro atoms. The number of rotatable bonds is 2. The number of alkyl halides is 3. The summed E-state index contributed by atoms with van der Waals surface area (Å²) in [4.78, 5) is 27.6. The number of halogens is 3. The normalized spacial score (nSPS) is 23.6. The van der Waals surface area contributed by atoms with E-state index in [1.165, 1.54) is 12.1 Å². The van der Waals surface area contributed by atoms with E-state index in [1.54, 1.807) is 0 Å². The lowest BCUT2D eigenvalue weighted by Crippen LogP contribution is -2.44. The number of anilines is 1. The smallest absolute Gasteiger partial charge is 0.292 e. The molecule has 23 heavy (non-hydrogen) atoms. The van der Waals surface area contributed by atoms with E-state index in [4.69, 9.17) is 0 Å². The molecular weight excluding hydrogens is 309 g/mol. The second-order valence-electron chi connectivity index (χ2n) is 5.93. The standard InChI is InChI=1S/C16H17F3N2O2/c17-16(18,19)11-5-4-6-12(9-11)21-14(22)10-13(15(21)23)20-7-2-1-3-8-20/h4-6,9,13H,1-3,7-8,10H2/t13-/m1/s1. The maximum absolute atomic E-state index is 12.8. The minimum atomic E-state index is -4.51. The molecule has 0 unspecified atom stereocenters. The van der Waals surface area contributed by atoms with Crippen molar-refractivity contribution in [3.8, 4) is 0 Å². The number of imide groups is 1. The van der Waals surface area contributed by atoms with Gasteiger partial charge in [0.25, 0.3) is 5.91 Å². The summed E-state index contributed by atoms with van der Waals surface area (Å²) < 4.78 is 38.5. The summed E-state index contributed by atoms with van der Waals surface area (Å²) in [5.41, 5.74) is -0.869. The molecule has 1 aromatic carbocycles. The first-order chi connectivity index (χ1) is 10.9. The predicted octanol–water partition coefficient (Wildman–Crippen LogP) is 2.82. The maximum Gasteiger partial charge on any atom is 0.416 e. The highest BCUT2D eigenvalue weighted by molar-refractivity contribution is 6.22. The molecule has 2 amide bonds. The van der Waals surface area contributed by atoms with Crippen LogP contribution < -0.4 is 4.90 Å². The molecule has 2 aliphatic rings. The number of hydrogen-bond donors (Lipinski definition) is 0. The highest BCUT2D eigenvalue weighted by atomic mass is 19.4. The molecular formula is C16H17F3N2O2. The summed E-state index contributed by atoms with van der Waals surface area (Å²) in [6.45, 7) is 1.50. The van der Waals surface area contributed by atoms with Crippen LogP contribution in [0.25, 0.3) is 0 Å². The lowest BCUT2D eigenvalue weighted by Gasteiger charge is -2.30. The Hall–Kier alpha value is -1.89. The molecule has 0 N–H and O–H groups in total. The van der Waals surface area contributed by atoms with Crippen LogP contribution in [0.2, 0.25) is 0 Å². The number of hydrogen-bond acceptors (Lipinski definition) is 3. The summed E-state index contributed by atoms with van der Waals surface area (Å²) in [7, 11) is 0. The number of carbonyl (C=O) groups is 2. The Morgan fingerprint density at radius 3 is 2.39 bits per heavy atom. The number of piperidine rings is 1. The van der Waals surface area contributed by atoms with Gasteiger partial charge in [-0.25, -0.2) is 4.90 Å². The van der Waals surface area contributed by atoms with Crippen LogP contribution in [0.15, 0.2) is 24.3 Å². The third-order valence-electron chi connectivity index (χ3n) is 4.39. The van der Waals surface area contributed by atoms with E-state index >= 15 is 0 Å². The lowest BCUT2D eigenvalue weighted by atomic mass is 10.1. The van der Waals surface area contributed by atoms with Crippen molar-refractivity contribution >= 4 is 17.5 Å². The van der Waals surface area contributed by atoms with Crippen LogP contribution in [-0.4, -0.2) is 35.8 Å². The average molecular weight is 326 g/mol. The third-order valence-corrected chi connectivity index (χ3v) is 4.39. The molecule has 1 atom stereocenters. The molecule has 7 heteroatoms. The summed E-state index contributed by atoms with van der Waals surface area (Å²) in [5.74, 6) is -0.860. The van der Waals surface area contributed by atoms with Gasteiger partial charge in [0.1, 0.15) is 0 Å². The zero-order valence-electron chi connectivity index (χ0n) is 12.5. The van der Waals surface area contributed by atoms with Gasteiger partial charge in [0, 0.05) is 0 Å². The minimum absolute atomic E-state index is 0.00525. The van der Waals surface area contributed by atoms with Crippen molar-refractivity contribution in [3.05, 3.63) is 29.8 Å². The van der Waals surface area contributed by atoms with E-state index in [-0.39, 0.29) is 12.1 Å². The van der Waals surface area contributed by atoms with Crippen LogP contribution >= 0.6 is 0 Å². The molecule has 2 aliphatic heterocycles. The van der Waals surface area contributed by atoms with Crippen molar-refractivity contribution in [1.82, 2.24) is 4.90 Å². The van der Waals surface area contributed by atoms with E-state index in [9.17, 15) is 22.8 Å². The Morgan fingerprint density at radius 1 is 1.04 bits per heavy atom. The van der Waals surface area contributed by atoms with Gasteiger partial charge in [-0.3, -0.25) is 14.5 Å². The quantitative estimate of drug-likeness (QED) is 0.785. The van der Waals surface area contributed by atoms with Crippen LogP contribution in [0.3, 0.4) is 0 Å². The first-order valence-electron chi connectivity index (χ1n) is 7.66. The van der Waals surface area contributed by atoms with E-state index in [0.717, 1.165) is 49.4 Å². The Kier molecular flexibility index (Phi) is 4.14. The molecule has 2 saturated heterocycles. The van der Waals surface area contributed by atoms with Crippen LogP contribution in [0.1, 0.15) is 31.2 Å². The molecule has 124 valence electrons. The summed E-state index contributed by atoms with van der Waals surface area (Å²) in [6.07, 6.45) is -1.42. The van der Waals surface area contributed by atoms with Gasteiger partial charge in [-0.15, -0.1) is 0 Å². The fourth-order valence-corrected chi connectivity index (χ4v) is 3.22. The van der Waals surface area contributed by atoms with Gasteiger partial charge in [0.15, 0.2) is 0 Å². The first kappa shape index (κ1) is 16.0. The SMILES string of the molecule is O=C1C[C@@H](N2CCCCC2)C(=O)N1c1cccc(C(F)(F)F)c1. The van der Waals surface area contributed by atoms with Crippen molar-refractivity contribution in [1.29, 1.82) is 0 Å². The van der Waals surface area contributed by atoms with Crippen molar-refractivity contribution in [2.75, 3.05) is 18.0 Å². The molecule has 2 fully saturated rings. The van der Waals surface area contributed by atoms with E-state index < -0.39 is 29.6 Å². The molecule has 1 aromatic rings. The van der Waals surface area contributed by atoms with Crippen molar-refractivity contribution in [2.24, 2.45) is 0 Å². The summed E-state index contributed by atoms with van der Waals surface area (Å²) >= 11 is 0. The van der Waals surface area contributed by atoms with E-state index in [0.29, 0.717) is 0 Å². The topological polar surface area (TPSA) is 40.6 Å². The molecule has 2 heterocycles. The van der Waals surface area contributed by atoms with Gasteiger partial charge in [-0.2, -0.15) is 13.2 Å². The van der Waals surface area contributed by atoms with Gasteiger partial charge >= 0.3 is 6.18 Å². The molecule has 0 aliphatic carbocycles. The molecule has 0 bridgehead atoms. The van der Waals surface area contributed by atoms with Crippen LogP contribution in [0.5, 0.6) is 0 Å². The Labute approximate surface area is 131 Å². The molecule has 3 rings (SSSR count). The summed E-state index contributed by atoms with van der Waals surface area (Å²) in [5, 5.41) is 0. The van der Waals surface area contributed by atoms with E-state index in [2.05, 4.69) is 0 Å². The monoisotopic (exact) mass is 326 g/mol. The summed E-state index contributed by atoms with van der Waals surface area (Å²) in [6, 6.07) is 3.82. The number of benzene rings is 1. The molecule has 0 radical (unpaired) electrons. The molecule has 0 saturated carbocycles. The zero-order valence-corrected chi connectivity index (χ0v) is 12.5. The highest BCUT2D eigenvalue weighted by Crippen LogP contribution is 2.33. The number of carbonyl (C=O) groups excluding carboxylic acids is 2. The predicted molar refractivity (Wildman–Crippen MR) is 77.8 cm³/mol. The van der Waals surface area contributed by atoms with E-state index in [1.807, 2.05) is 4.90 Å². The average Bonchev–Trinajstić information content (AvgIpc) is 2.82. The van der Waals surface area contributed by atoms with Crippen LogP contribution in [-0.2, 0) is 15.8 Å². The Morgan fingerprint density at radius 2 is 1.74 bits per heavy atom. The maximum atomic E-state index is 12.8. The largest absolute Gasteiger partial charge is 0.416 e. The third kappa shape index (κ3) is 3.10. The van der Waals surface area contributed by atoms with Gasteiger partial charge in [-0.1, -0.05) is 12.5 Å². The Bertz CT molecular complexity index is 624. The fourth-order valence-electron chi connectivity index (χ4n) is 3.22.